The van der Waals surface area contributed by atoms with E-state index in [1.807, 2.05) is 36.4 Å². The Morgan fingerprint density at radius 1 is 0.386 bits per heavy atom. The highest BCUT2D eigenvalue weighted by Gasteiger charge is 2.38. The van der Waals surface area contributed by atoms with Crippen LogP contribution in [-0.2, 0) is 0 Å². The summed E-state index contributed by atoms with van der Waals surface area (Å²) >= 11 is 6.89. The van der Waals surface area contributed by atoms with Gasteiger partial charge in [-0.15, -0.1) is 0 Å². The van der Waals surface area contributed by atoms with Crippen molar-refractivity contribution in [2.75, 3.05) is 9.80 Å². The van der Waals surface area contributed by atoms with Crippen LogP contribution in [0.1, 0.15) is 41.4 Å². The second-order valence-electron chi connectivity index (χ2n) is 11.0. The summed E-state index contributed by atoms with van der Waals surface area (Å²) in [5, 5.41) is 6.27. The summed E-state index contributed by atoms with van der Waals surface area (Å²) in [4.78, 5) is 57.9. The maximum absolute atomic E-state index is 13.9. The number of hydrogen-bond donors (Lipinski definition) is 0. The van der Waals surface area contributed by atoms with Crippen molar-refractivity contribution in [2.24, 2.45) is 0 Å². The van der Waals surface area contributed by atoms with Crippen LogP contribution in [0.15, 0.2) is 106 Å². The molecule has 0 unspecified atom stereocenters. The van der Waals surface area contributed by atoms with Gasteiger partial charge in [0.1, 0.15) is 0 Å². The Morgan fingerprint density at radius 3 is 1.00 bits per heavy atom. The second-order valence-corrected chi connectivity index (χ2v) is 12.8. The maximum atomic E-state index is 13.9. The predicted octanol–water partition coefficient (Wildman–Crippen LogP) is 8.86. The van der Waals surface area contributed by atoms with Crippen LogP contribution >= 0.6 is 31.9 Å². The number of anilines is 2. The minimum atomic E-state index is -0.385. The normalized spacial score (nSPS) is 14.7. The van der Waals surface area contributed by atoms with Crippen LogP contribution in [0.25, 0.3) is 43.1 Å². The Labute approximate surface area is 266 Å². The van der Waals surface area contributed by atoms with Crippen LogP contribution in [0.5, 0.6) is 0 Å². The van der Waals surface area contributed by atoms with Crippen molar-refractivity contribution >= 4 is 110 Å². The van der Waals surface area contributed by atoms with E-state index in [0.717, 1.165) is 41.3 Å². The summed E-state index contributed by atoms with van der Waals surface area (Å²) in [6, 6.07) is 29.0. The minimum Gasteiger partial charge on any atom is -0.268 e. The molecule has 8 heteroatoms. The number of hydrogen-bond acceptors (Lipinski definition) is 4. The molecule has 9 rings (SSSR count). The topological polar surface area (TPSA) is 74.8 Å². The lowest BCUT2D eigenvalue weighted by molar-refractivity contribution is 0.0877. The Bertz CT molecular complexity index is 2230. The van der Waals surface area contributed by atoms with Gasteiger partial charge in [0.05, 0.1) is 11.4 Å². The van der Waals surface area contributed by atoms with E-state index in [0.29, 0.717) is 44.4 Å². The molecule has 0 fully saturated rings. The average Bonchev–Trinajstić information content (AvgIpc) is 3.02. The molecule has 0 aliphatic carbocycles. The lowest BCUT2D eigenvalue weighted by atomic mass is 9.82. The van der Waals surface area contributed by atoms with Gasteiger partial charge in [0.25, 0.3) is 23.6 Å². The molecule has 0 aromatic heterocycles. The van der Waals surface area contributed by atoms with Crippen LogP contribution in [0.2, 0.25) is 0 Å². The molecule has 208 valence electrons. The molecular formula is C36H16Br2N2O4. The highest BCUT2D eigenvalue weighted by Crippen LogP contribution is 2.47. The molecule has 7 aromatic rings. The van der Waals surface area contributed by atoms with E-state index in [4.69, 9.17) is 0 Å². The molecular weight excluding hydrogens is 684 g/mol. The van der Waals surface area contributed by atoms with Gasteiger partial charge in [0.15, 0.2) is 0 Å². The number of fused-ring (bicyclic) bond motifs is 2. The minimum absolute atomic E-state index is 0.385. The van der Waals surface area contributed by atoms with Crippen molar-refractivity contribution in [3.63, 3.8) is 0 Å². The third-order valence-electron chi connectivity index (χ3n) is 8.77. The van der Waals surface area contributed by atoms with Crippen LogP contribution < -0.4 is 9.80 Å². The highest BCUT2D eigenvalue weighted by molar-refractivity contribution is 9.10. The zero-order valence-corrected chi connectivity index (χ0v) is 25.7. The zero-order chi connectivity index (χ0) is 30.0. The Kier molecular flexibility index (Phi) is 5.12. The number of rotatable bonds is 2. The van der Waals surface area contributed by atoms with Crippen molar-refractivity contribution in [1.82, 2.24) is 0 Å². The number of amides is 4. The standard InChI is InChI=1S/C36H16Br2N2O4/c37-17-3-1-5-19(15-17)39-33(41)25-11-7-21-23-9-13-27-32-28(36(44)40(35(27)43)20-6-2-4-18(38)16-20)14-10-24(30(23)32)22-8-12-26(34(39)42)31(25)29(21)22/h1-16H. The third-order valence-corrected chi connectivity index (χ3v) is 9.76. The van der Waals surface area contributed by atoms with E-state index in [2.05, 4.69) is 31.9 Å². The molecule has 2 heterocycles. The van der Waals surface area contributed by atoms with E-state index >= 15 is 0 Å². The number of halogens is 2. The average molecular weight is 700 g/mol. The Morgan fingerprint density at radius 2 is 0.705 bits per heavy atom. The number of benzene rings is 7. The smallest absolute Gasteiger partial charge is 0.265 e. The summed E-state index contributed by atoms with van der Waals surface area (Å²) in [6.45, 7) is 0. The first-order valence-electron chi connectivity index (χ1n) is 13.8. The van der Waals surface area contributed by atoms with Crippen molar-refractivity contribution in [3.05, 3.63) is 128 Å². The number of carbonyl (C=O) groups excluding carboxylic acids is 4. The third kappa shape index (κ3) is 3.19. The first-order chi connectivity index (χ1) is 21.3. The predicted molar refractivity (Wildman–Crippen MR) is 178 cm³/mol. The second kappa shape index (κ2) is 8.81. The van der Waals surface area contributed by atoms with Crippen LogP contribution in [-0.4, -0.2) is 23.6 Å². The molecule has 2 aliphatic rings. The van der Waals surface area contributed by atoms with E-state index < -0.39 is 0 Å². The van der Waals surface area contributed by atoms with Gasteiger partial charge in [-0.1, -0.05) is 68.3 Å². The Hall–Kier alpha value is -4.92. The molecule has 0 radical (unpaired) electrons. The molecule has 2 aliphatic heterocycles. The number of carbonyl (C=O) groups is 4. The van der Waals surface area contributed by atoms with Gasteiger partial charge in [-0.2, -0.15) is 0 Å². The molecule has 4 amide bonds. The molecule has 0 saturated carbocycles. The van der Waals surface area contributed by atoms with Crippen LogP contribution in [0.3, 0.4) is 0 Å². The maximum Gasteiger partial charge on any atom is 0.265 e. The van der Waals surface area contributed by atoms with E-state index in [9.17, 15) is 19.2 Å². The fourth-order valence-corrected chi connectivity index (χ4v) is 7.74. The molecule has 7 aromatic carbocycles. The van der Waals surface area contributed by atoms with Crippen molar-refractivity contribution < 1.29 is 19.2 Å². The van der Waals surface area contributed by atoms with Crippen molar-refractivity contribution in [3.8, 4) is 0 Å². The monoisotopic (exact) mass is 698 g/mol. The molecule has 0 N–H and O–H groups in total. The van der Waals surface area contributed by atoms with Crippen LogP contribution in [0.4, 0.5) is 11.4 Å². The number of imide groups is 2. The van der Waals surface area contributed by atoms with Gasteiger partial charge >= 0.3 is 0 Å². The molecule has 0 spiro atoms. The fraction of sp³-hybridized carbons (Fsp3) is 0. The number of nitrogens with zero attached hydrogens (tertiary/aromatic N) is 2. The van der Waals surface area contributed by atoms with Crippen molar-refractivity contribution in [2.45, 2.75) is 0 Å². The van der Waals surface area contributed by atoms with Gasteiger partial charge in [-0.05, 0) is 93.0 Å². The SMILES string of the molecule is O=C1c2ccc3c4ccc5c6c(ccc(c7ccc(c2c37)C(=O)N1c1cccc(Br)c1)c64)C(=O)N(c1cccc(Br)c1)C5=O. The van der Waals surface area contributed by atoms with Crippen LogP contribution in [0, 0.1) is 0 Å². The van der Waals surface area contributed by atoms with E-state index in [1.165, 1.54) is 9.80 Å². The van der Waals surface area contributed by atoms with Gasteiger partial charge in [-0.25, -0.2) is 9.80 Å². The summed E-state index contributed by atoms with van der Waals surface area (Å²) in [6.07, 6.45) is 0. The zero-order valence-electron chi connectivity index (χ0n) is 22.5. The van der Waals surface area contributed by atoms with Gasteiger partial charge in [0, 0.05) is 42.0 Å². The lowest BCUT2D eigenvalue weighted by Crippen LogP contribution is -2.40. The summed E-state index contributed by atoms with van der Waals surface area (Å²) in [5.74, 6) is -1.54. The summed E-state index contributed by atoms with van der Waals surface area (Å²) in [7, 11) is 0. The highest BCUT2D eigenvalue weighted by atomic mass is 79.9. The van der Waals surface area contributed by atoms with Gasteiger partial charge in [-0.3, -0.25) is 19.2 Å². The van der Waals surface area contributed by atoms with Gasteiger partial charge in [0.2, 0.25) is 0 Å². The molecule has 0 saturated heterocycles. The summed E-state index contributed by atoms with van der Waals surface area (Å²) in [5.41, 5.74) is 2.77. The largest absolute Gasteiger partial charge is 0.268 e. The Balaban J connectivity index is 1.32. The van der Waals surface area contributed by atoms with E-state index in [1.54, 1.807) is 60.7 Å². The molecule has 6 nitrogen and oxygen atoms in total. The quantitative estimate of drug-likeness (QED) is 0.103. The summed E-state index contributed by atoms with van der Waals surface area (Å²) < 4.78 is 1.53. The first-order valence-corrected chi connectivity index (χ1v) is 15.4. The van der Waals surface area contributed by atoms with Gasteiger partial charge < -0.3 is 0 Å². The molecule has 0 bridgehead atoms. The van der Waals surface area contributed by atoms with E-state index in [-0.39, 0.29) is 23.6 Å². The molecule has 44 heavy (non-hydrogen) atoms. The fourth-order valence-electron chi connectivity index (χ4n) is 6.97. The lowest BCUT2D eigenvalue weighted by Gasteiger charge is -2.30. The van der Waals surface area contributed by atoms with Crippen molar-refractivity contribution in [1.29, 1.82) is 0 Å². The molecule has 0 atom stereocenters. The first kappa shape index (κ1) is 25.6.